The lowest BCUT2D eigenvalue weighted by molar-refractivity contribution is 0.321. The Morgan fingerprint density at radius 1 is 1.24 bits per heavy atom. The minimum Gasteiger partial charge on any atom is -0.362 e. The lowest BCUT2D eigenvalue weighted by atomic mass is 10.3. The van der Waals surface area contributed by atoms with Crippen molar-refractivity contribution in [3.63, 3.8) is 0 Å². The van der Waals surface area contributed by atoms with E-state index in [2.05, 4.69) is 0 Å². The Balaban J connectivity index is 2.63. The number of anilines is 1. The largest absolute Gasteiger partial charge is 0.362 e. The Morgan fingerprint density at radius 3 is 2.29 bits per heavy atom. The van der Waals surface area contributed by atoms with Gasteiger partial charge in [0.05, 0.1) is 6.67 Å². The molecule has 0 atom stereocenters. The van der Waals surface area contributed by atoms with E-state index in [4.69, 9.17) is 4.55 Å². The second-order valence-electron chi connectivity index (χ2n) is 3.87. The standard InChI is InChI=1S/C11H18N2O3S/c1-3-13(10-17(14,15)16)9-12(2)11-7-5-4-6-8-11/h4-8H,3,9-10H2,1-2H3,(H,14,15,16). The monoisotopic (exact) mass is 258 g/mol. The van der Waals surface area contributed by atoms with Gasteiger partial charge in [-0.05, 0) is 18.7 Å². The predicted octanol–water partition coefficient (Wildman–Crippen LogP) is 1.25. The summed E-state index contributed by atoms with van der Waals surface area (Å²) in [6.07, 6.45) is 0. The van der Waals surface area contributed by atoms with E-state index in [9.17, 15) is 8.42 Å². The molecule has 0 unspecified atom stereocenters. The maximum Gasteiger partial charge on any atom is 0.278 e. The highest BCUT2D eigenvalue weighted by Crippen LogP contribution is 2.11. The second kappa shape index (κ2) is 6.00. The topological polar surface area (TPSA) is 60.9 Å². The molecule has 0 fully saturated rings. The van der Waals surface area contributed by atoms with E-state index in [0.717, 1.165) is 5.69 Å². The SMILES string of the molecule is CCN(CN(C)c1ccccc1)CS(=O)(=O)O. The Hall–Kier alpha value is -1.11. The van der Waals surface area contributed by atoms with Crippen LogP contribution in [0.25, 0.3) is 0 Å². The van der Waals surface area contributed by atoms with Crippen LogP contribution in [0, 0.1) is 0 Å². The minimum atomic E-state index is -3.96. The highest BCUT2D eigenvalue weighted by atomic mass is 32.2. The summed E-state index contributed by atoms with van der Waals surface area (Å²) in [4.78, 5) is 3.57. The molecule has 96 valence electrons. The van der Waals surface area contributed by atoms with Gasteiger partial charge in [0, 0.05) is 12.7 Å². The van der Waals surface area contributed by atoms with Crippen molar-refractivity contribution >= 4 is 15.8 Å². The maximum atomic E-state index is 10.8. The number of para-hydroxylation sites is 1. The van der Waals surface area contributed by atoms with E-state index in [-0.39, 0.29) is 5.88 Å². The Bertz CT molecular complexity index is 433. The molecule has 0 radical (unpaired) electrons. The molecule has 17 heavy (non-hydrogen) atoms. The van der Waals surface area contributed by atoms with Gasteiger partial charge in [-0.25, -0.2) is 0 Å². The van der Waals surface area contributed by atoms with E-state index in [1.54, 1.807) is 4.90 Å². The zero-order valence-corrected chi connectivity index (χ0v) is 10.9. The van der Waals surface area contributed by atoms with Gasteiger partial charge in [-0.3, -0.25) is 9.45 Å². The van der Waals surface area contributed by atoms with E-state index < -0.39 is 10.1 Å². The van der Waals surface area contributed by atoms with E-state index in [1.807, 2.05) is 49.2 Å². The first kappa shape index (κ1) is 14.0. The molecule has 5 nitrogen and oxygen atoms in total. The van der Waals surface area contributed by atoms with Crippen molar-refractivity contribution in [1.82, 2.24) is 4.90 Å². The third kappa shape index (κ3) is 5.16. The normalized spacial score (nSPS) is 11.8. The molecule has 0 heterocycles. The van der Waals surface area contributed by atoms with Crippen LogP contribution in [0.2, 0.25) is 0 Å². The fraction of sp³-hybridized carbons (Fsp3) is 0.455. The van der Waals surface area contributed by atoms with E-state index in [0.29, 0.717) is 13.2 Å². The van der Waals surface area contributed by atoms with Gasteiger partial charge in [-0.15, -0.1) is 0 Å². The molecular weight excluding hydrogens is 240 g/mol. The van der Waals surface area contributed by atoms with Crippen molar-refractivity contribution in [2.24, 2.45) is 0 Å². The van der Waals surface area contributed by atoms with Crippen LogP contribution in [-0.2, 0) is 10.1 Å². The number of nitrogens with zero attached hydrogens (tertiary/aromatic N) is 2. The van der Waals surface area contributed by atoms with Crippen LogP contribution in [0.15, 0.2) is 30.3 Å². The van der Waals surface area contributed by atoms with Gasteiger partial charge >= 0.3 is 0 Å². The molecule has 0 aromatic heterocycles. The Kier molecular flexibility index (Phi) is 4.92. The number of rotatable bonds is 6. The van der Waals surface area contributed by atoms with Crippen LogP contribution in [-0.4, -0.2) is 44.0 Å². The molecule has 0 aliphatic rings. The maximum absolute atomic E-state index is 10.8. The van der Waals surface area contributed by atoms with Crippen molar-refractivity contribution in [3.05, 3.63) is 30.3 Å². The minimum absolute atomic E-state index is 0.347. The molecule has 0 saturated carbocycles. The molecule has 1 aromatic carbocycles. The zero-order valence-electron chi connectivity index (χ0n) is 10.1. The van der Waals surface area contributed by atoms with E-state index in [1.165, 1.54) is 0 Å². The molecular formula is C11H18N2O3S. The molecule has 0 bridgehead atoms. The van der Waals surface area contributed by atoms with Gasteiger partial charge in [0.2, 0.25) is 0 Å². The fourth-order valence-corrected chi connectivity index (χ4v) is 2.25. The van der Waals surface area contributed by atoms with Crippen molar-refractivity contribution < 1.29 is 13.0 Å². The molecule has 0 saturated heterocycles. The highest BCUT2D eigenvalue weighted by molar-refractivity contribution is 7.85. The van der Waals surface area contributed by atoms with Gasteiger partial charge < -0.3 is 4.90 Å². The molecule has 1 rings (SSSR count). The molecule has 0 aliphatic carbocycles. The fourth-order valence-electron chi connectivity index (χ4n) is 1.53. The average Bonchev–Trinajstić information content (AvgIpc) is 2.27. The van der Waals surface area contributed by atoms with Gasteiger partial charge in [0.1, 0.15) is 5.88 Å². The van der Waals surface area contributed by atoms with Crippen LogP contribution < -0.4 is 4.90 Å². The summed E-state index contributed by atoms with van der Waals surface area (Å²) in [5.74, 6) is -0.347. The molecule has 0 spiro atoms. The first-order chi connectivity index (χ1) is 7.92. The summed E-state index contributed by atoms with van der Waals surface area (Å²) in [5, 5.41) is 0. The molecule has 0 aliphatic heterocycles. The predicted molar refractivity (Wildman–Crippen MR) is 68.5 cm³/mol. The van der Waals surface area contributed by atoms with Crippen molar-refractivity contribution in [1.29, 1.82) is 0 Å². The van der Waals surface area contributed by atoms with Crippen LogP contribution in [0.3, 0.4) is 0 Å². The van der Waals surface area contributed by atoms with Crippen molar-refractivity contribution in [3.8, 4) is 0 Å². The van der Waals surface area contributed by atoms with Gasteiger partial charge in [-0.2, -0.15) is 8.42 Å². The number of benzene rings is 1. The van der Waals surface area contributed by atoms with Gasteiger partial charge in [-0.1, -0.05) is 25.1 Å². The third-order valence-corrected chi connectivity index (χ3v) is 3.09. The second-order valence-corrected chi connectivity index (χ2v) is 5.30. The smallest absolute Gasteiger partial charge is 0.278 e. The first-order valence-electron chi connectivity index (χ1n) is 5.36. The lowest BCUT2D eigenvalue weighted by Crippen LogP contribution is -2.38. The van der Waals surface area contributed by atoms with E-state index >= 15 is 0 Å². The van der Waals surface area contributed by atoms with Crippen LogP contribution >= 0.6 is 0 Å². The Morgan fingerprint density at radius 2 is 1.82 bits per heavy atom. The van der Waals surface area contributed by atoms with Crippen molar-refractivity contribution in [2.45, 2.75) is 6.92 Å². The summed E-state index contributed by atoms with van der Waals surface area (Å²) in [7, 11) is -2.09. The van der Waals surface area contributed by atoms with Gasteiger partial charge in [0.15, 0.2) is 0 Å². The molecule has 1 aromatic rings. The molecule has 6 heteroatoms. The zero-order chi connectivity index (χ0) is 12.9. The van der Waals surface area contributed by atoms with Gasteiger partial charge in [0.25, 0.3) is 10.1 Å². The first-order valence-corrected chi connectivity index (χ1v) is 6.97. The summed E-state index contributed by atoms with van der Waals surface area (Å²) in [6.45, 7) is 2.85. The lowest BCUT2D eigenvalue weighted by Gasteiger charge is -2.27. The van der Waals surface area contributed by atoms with Crippen LogP contribution in [0.4, 0.5) is 5.69 Å². The Labute approximate surface area is 102 Å². The molecule has 0 amide bonds. The number of hydrogen-bond donors (Lipinski definition) is 1. The van der Waals surface area contributed by atoms with Crippen LogP contribution in [0.5, 0.6) is 0 Å². The van der Waals surface area contributed by atoms with Crippen molar-refractivity contribution in [2.75, 3.05) is 31.0 Å². The molecule has 1 N–H and O–H groups in total. The number of hydrogen-bond acceptors (Lipinski definition) is 4. The third-order valence-electron chi connectivity index (χ3n) is 2.40. The summed E-state index contributed by atoms with van der Waals surface area (Å²) in [5.41, 5.74) is 1.00. The summed E-state index contributed by atoms with van der Waals surface area (Å²) >= 11 is 0. The van der Waals surface area contributed by atoms with Crippen LogP contribution in [0.1, 0.15) is 6.92 Å². The summed E-state index contributed by atoms with van der Waals surface area (Å²) in [6, 6.07) is 9.66. The highest BCUT2D eigenvalue weighted by Gasteiger charge is 2.13. The summed E-state index contributed by atoms with van der Waals surface area (Å²) < 4.78 is 30.4. The quantitative estimate of drug-likeness (QED) is 0.614. The average molecular weight is 258 g/mol.